The molecule has 1 unspecified atom stereocenters. The van der Waals surface area contributed by atoms with Gasteiger partial charge in [-0.25, -0.2) is 0 Å². The van der Waals surface area contributed by atoms with E-state index in [4.69, 9.17) is 4.74 Å². The van der Waals surface area contributed by atoms with E-state index in [1.54, 1.807) is 6.92 Å². The Morgan fingerprint density at radius 1 is 1.29 bits per heavy atom. The van der Waals surface area contributed by atoms with Gasteiger partial charge in [0, 0.05) is 11.8 Å². The minimum atomic E-state index is -0.773. The highest BCUT2D eigenvalue weighted by atomic mass is 16.6. The average Bonchev–Trinajstić information content (AvgIpc) is 2.62. The van der Waals surface area contributed by atoms with Crippen LogP contribution in [0.25, 0.3) is 0 Å². The number of pyridine rings is 1. The van der Waals surface area contributed by atoms with Gasteiger partial charge in [0.25, 0.3) is 11.7 Å². The molecule has 1 aromatic carbocycles. The summed E-state index contributed by atoms with van der Waals surface area (Å²) in [5, 5.41) is 13.8. The van der Waals surface area contributed by atoms with Crippen molar-refractivity contribution in [1.82, 2.24) is 4.98 Å². The van der Waals surface area contributed by atoms with Crippen molar-refractivity contribution in [3.63, 3.8) is 0 Å². The van der Waals surface area contributed by atoms with Gasteiger partial charge in [0.15, 0.2) is 11.9 Å². The number of amides is 2. The van der Waals surface area contributed by atoms with Crippen molar-refractivity contribution in [1.29, 1.82) is 0 Å². The lowest BCUT2D eigenvalue weighted by Gasteiger charge is -2.30. The summed E-state index contributed by atoms with van der Waals surface area (Å²) in [5.74, 6) is -1.12. The number of hydrogen-bond acceptors (Lipinski definition) is 6. The molecule has 1 N–H and O–H groups in total. The molecule has 0 fully saturated rings. The molecule has 0 bridgehead atoms. The number of benzene rings is 1. The fourth-order valence-corrected chi connectivity index (χ4v) is 3.10. The third-order valence-corrected chi connectivity index (χ3v) is 4.26. The van der Waals surface area contributed by atoms with Gasteiger partial charge in [-0.15, -0.1) is 0 Å². The first kappa shape index (κ1) is 19.3. The van der Waals surface area contributed by atoms with Gasteiger partial charge in [0.05, 0.1) is 0 Å². The van der Waals surface area contributed by atoms with Crippen LogP contribution in [0.3, 0.4) is 0 Å². The highest BCUT2D eigenvalue weighted by molar-refractivity contribution is 6.05. The second kappa shape index (κ2) is 7.63. The van der Waals surface area contributed by atoms with Gasteiger partial charge in [-0.05, 0) is 59.5 Å². The smallest absolute Gasteiger partial charge is 0.366 e. The highest BCUT2D eigenvalue weighted by Gasteiger charge is 2.39. The Hall–Kier alpha value is -3.49. The fourth-order valence-electron chi connectivity index (χ4n) is 3.10. The molecule has 0 saturated carbocycles. The molecule has 1 aromatic heterocycles. The van der Waals surface area contributed by atoms with Crippen LogP contribution < -0.4 is 15.0 Å². The number of nitrogens with zero attached hydrogens (tertiary/aromatic N) is 3. The van der Waals surface area contributed by atoms with Crippen molar-refractivity contribution in [2.24, 2.45) is 0 Å². The van der Waals surface area contributed by atoms with Gasteiger partial charge in [-0.2, -0.15) is 0 Å². The van der Waals surface area contributed by atoms with E-state index in [2.05, 4.69) is 10.3 Å². The Morgan fingerprint density at radius 3 is 2.57 bits per heavy atom. The summed E-state index contributed by atoms with van der Waals surface area (Å²) in [5.41, 5.74) is 2.60. The summed E-state index contributed by atoms with van der Waals surface area (Å²) >= 11 is 0. The van der Waals surface area contributed by atoms with E-state index < -0.39 is 28.7 Å². The van der Waals surface area contributed by atoms with E-state index >= 15 is 0 Å². The Balaban J connectivity index is 1.88. The first-order valence-corrected chi connectivity index (χ1v) is 8.80. The van der Waals surface area contributed by atoms with Crippen LogP contribution in [0.5, 0.6) is 5.75 Å². The topological polar surface area (TPSA) is 115 Å². The van der Waals surface area contributed by atoms with Crippen molar-refractivity contribution >= 4 is 29.1 Å². The minimum absolute atomic E-state index is 0.0283. The first-order chi connectivity index (χ1) is 13.3. The number of carbonyl (C=O) groups is 2. The van der Waals surface area contributed by atoms with Gasteiger partial charge >= 0.3 is 5.82 Å². The van der Waals surface area contributed by atoms with Crippen molar-refractivity contribution in [2.75, 3.05) is 16.8 Å². The van der Waals surface area contributed by atoms with Crippen LogP contribution in [0.2, 0.25) is 0 Å². The molecule has 0 radical (unpaired) electrons. The maximum atomic E-state index is 12.7. The van der Waals surface area contributed by atoms with Crippen LogP contribution in [-0.4, -0.2) is 34.4 Å². The van der Waals surface area contributed by atoms with Gasteiger partial charge < -0.3 is 20.2 Å². The number of fused-ring (bicyclic) bond motifs is 1. The van der Waals surface area contributed by atoms with Crippen molar-refractivity contribution in [2.45, 2.75) is 33.3 Å². The second-order valence-electron chi connectivity index (χ2n) is 6.61. The fraction of sp³-hybridized carbons (Fsp3) is 0.316. The van der Waals surface area contributed by atoms with E-state index in [1.807, 2.05) is 32.0 Å². The van der Waals surface area contributed by atoms with Crippen LogP contribution >= 0.6 is 0 Å². The van der Waals surface area contributed by atoms with Crippen LogP contribution in [0.15, 0.2) is 30.3 Å². The van der Waals surface area contributed by atoms with E-state index in [0.29, 0.717) is 12.1 Å². The quantitative estimate of drug-likeness (QED) is 0.626. The monoisotopic (exact) mass is 384 g/mol. The summed E-state index contributed by atoms with van der Waals surface area (Å²) < 4.78 is 5.58. The first-order valence-electron chi connectivity index (χ1n) is 8.80. The normalized spacial score (nSPS) is 15.6. The molecule has 9 heteroatoms. The number of aromatic nitrogens is 1. The largest absolute Gasteiger partial charge is 0.474 e. The molecule has 146 valence electrons. The summed E-state index contributed by atoms with van der Waals surface area (Å²) in [6.07, 6.45) is -0.380. The SMILES string of the molecule is CCC1Oc2ccc([N+](=O)[O-])nc2N(CC(=O)Nc2cc(C)cc(C)c2)C1=O. The van der Waals surface area contributed by atoms with Gasteiger partial charge in [0.2, 0.25) is 5.91 Å². The molecule has 1 aliphatic heterocycles. The molecule has 1 aliphatic rings. The van der Waals surface area contributed by atoms with E-state index in [1.165, 1.54) is 12.1 Å². The molecule has 0 saturated heterocycles. The van der Waals surface area contributed by atoms with E-state index in [0.717, 1.165) is 16.0 Å². The summed E-state index contributed by atoms with van der Waals surface area (Å²) in [6.45, 7) is 5.28. The third kappa shape index (κ3) is 3.93. The number of nitro groups is 1. The third-order valence-electron chi connectivity index (χ3n) is 4.26. The van der Waals surface area contributed by atoms with Crippen molar-refractivity contribution in [3.05, 3.63) is 51.6 Å². The maximum Gasteiger partial charge on any atom is 0.366 e. The van der Waals surface area contributed by atoms with Gasteiger partial charge in [-0.1, -0.05) is 13.0 Å². The number of nitrogens with one attached hydrogen (secondary N) is 1. The molecular formula is C19H20N4O5. The number of aryl methyl sites for hydroxylation is 2. The predicted molar refractivity (Wildman–Crippen MR) is 102 cm³/mol. The minimum Gasteiger partial charge on any atom is -0.474 e. The summed E-state index contributed by atoms with van der Waals surface area (Å²) in [6, 6.07) is 8.21. The van der Waals surface area contributed by atoms with E-state index in [-0.39, 0.29) is 18.1 Å². The second-order valence-corrected chi connectivity index (χ2v) is 6.61. The Kier molecular flexibility index (Phi) is 5.25. The number of hydrogen-bond donors (Lipinski definition) is 1. The Labute approximate surface area is 161 Å². The van der Waals surface area contributed by atoms with E-state index in [9.17, 15) is 19.7 Å². The zero-order valence-electron chi connectivity index (χ0n) is 15.8. The molecule has 0 aliphatic carbocycles. The van der Waals surface area contributed by atoms with Crippen LogP contribution in [-0.2, 0) is 9.59 Å². The molecule has 9 nitrogen and oxygen atoms in total. The average molecular weight is 384 g/mol. The lowest BCUT2D eigenvalue weighted by Crippen LogP contribution is -2.49. The zero-order chi connectivity index (χ0) is 20.4. The van der Waals surface area contributed by atoms with Gasteiger partial charge in [-0.3, -0.25) is 14.5 Å². The Bertz CT molecular complexity index is 939. The molecule has 2 amide bonds. The summed E-state index contributed by atoms with van der Waals surface area (Å²) in [7, 11) is 0. The standard InChI is InChI=1S/C19H20N4O5/c1-4-14-19(25)22(18-15(28-14)5-6-16(21-18)23(26)27)10-17(24)20-13-8-11(2)7-12(3)9-13/h5-9,14H,4,10H2,1-3H3,(H,20,24). The summed E-state index contributed by atoms with van der Waals surface area (Å²) in [4.78, 5) is 40.7. The van der Waals surface area contributed by atoms with Crippen molar-refractivity contribution < 1.29 is 19.2 Å². The molecule has 3 rings (SSSR count). The van der Waals surface area contributed by atoms with Crippen molar-refractivity contribution in [3.8, 4) is 5.75 Å². The van der Waals surface area contributed by atoms with Crippen LogP contribution in [0.1, 0.15) is 24.5 Å². The number of ether oxygens (including phenoxy) is 1. The number of carbonyl (C=O) groups excluding carboxylic acids is 2. The highest BCUT2D eigenvalue weighted by Crippen LogP contribution is 2.34. The number of anilines is 2. The van der Waals surface area contributed by atoms with Gasteiger partial charge in [0.1, 0.15) is 6.54 Å². The molecule has 2 aromatic rings. The lowest BCUT2D eigenvalue weighted by atomic mass is 10.1. The molecule has 2 heterocycles. The molecule has 28 heavy (non-hydrogen) atoms. The van der Waals surface area contributed by atoms with Crippen LogP contribution in [0, 0.1) is 24.0 Å². The maximum absolute atomic E-state index is 12.7. The molecule has 1 atom stereocenters. The molecule has 0 spiro atoms. The van der Waals surface area contributed by atoms with Crippen LogP contribution in [0.4, 0.5) is 17.3 Å². The zero-order valence-corrected chi connectivity index (χ0v) is 15.8. The predicted octanol–water partition coefficient (Wildman–Crippen LogP) is 2.75. The molecular weight excluding hydrogens is 364 g/mol. The lowest BCUT2D eigenvalue weighted by molar-refractivity contribution is -0.389. The Morgan fingerprint density at radius 2 is 1.96 bits per heavy atom. The number of rotatable bonds is 5.